The number of thiazole rings is 1. The molecule has 1 aromatic rings. The molecule has 1 saturated carbocycles. The highest BCUT2D eigenvalue weighted by atomic mass is 32.1. The molecule has 2 nitrogen and oxygen atoms in total. The third kappa shape index (κ3) is 2.77. The molecule has 1 N–H and O–H groups in total. The van der Waals surface area contributed by atoms with Gasteiger partial charge in [0.05, 0.1) is 16.3 Å². The van der Waals surface area contributed by atoms with Crippen molar-refractivity contribution in [3.8, 4) is 0 Å². The molecule has 1 heterocycles. The Morgan fingerprint density at radius 3 is 2.50 bits per heavy atom. The summed E-state index contributed by atoms with van der Waals surface area (Å²) in [4.78, 5) is 5.85. The summed E-state index contributed by atoms with van der Waals surface area (Å²) in [7, 11) is 0. The van der Waals surface area contributed by atoms with E-state index < -0.39 is 5.60 Å². The van der Waals surface area contributed by atoms with Gasteiger partial charge in [0, 0.05) is 11.3 Å². The van der Waals surface area contributed by atoms with Gasteiger partial charge in [-0.05, 0) is 44.4 Å². The van der Waals surface area contributed by atoms with Crippen LogP contribution in [-0.4, -0.2) is 15.7 Å². The normalized spacial score (nSPS) is 31.6. The minimum atomic E-state index is -0.549. The predicted octanol–water partition coefficient (Wildman–Crippen LogP) is 3.88. The van der Waals surface area contributed by atoms with E-state index in [-0.39, 0.29) is 0 Å². The maximum absolute atomic E-state index is 10.9. The van der Waals surface area contributed by atoms with E-state index in [1.165, 1.54) is 4.88 Å². The Balaban J connectivity index is 2.12. The Labute approximate surface area is 114 Å². The van der Waals surface area contributed by atoms with Gasteiger partial charge in [-0.25, -0.2) is 4.98 Å². The molecule has 1 aromatic heterocycles. The lowest BCUT2D eigenvalue weighted by molar-refractivity contribution is -0.0704. The Bertz CT molecular complexity index is 418. The van der Waals surface area contributed by atoms with Crippen molar-refractivity contribution in [2.45, 2.75) is 65.9 Å². The Kier molecular flexibility index (Phi) is 3.58. The average Bonchev–Trinajstić information content (AvgIpc) is 2.53. The van der Waals surface area contributed by atoms with Crippen LogP contribution in [0.25, 0.3) is 0 Å². The first-order chi connectivity index (χ1) is 8.22. The van der Waals surface area contributed by atoms with Crippen molar-refractivity contribution in [1.82, 2.24) is 4.98 Å². The van der Waals surface area contributed by atoms with Crippen molar-refractivity contribution in [2.24, 2.45) is 11.3 Å². The van der Waals surface area contributed by atoms with Gasteiger partial charge in [0.15, 0.2) is 0 Å². The number of nitrogens with zero attached hydrogens (tertiary/aromatic N) is 1. The molecule has 2 unspecified atom stereocenters. The van der Waals surface area contributed by atoms with Gasteiger partial charge in [-0.15, -0.1) is 11.3 Å². The molecule has 2 rings (SSSR count). The Morgan fingerprint density at radius 2 is 2.00 bits per heavy atom. The fourth-order valence-electron chi connectivity index (χ4n) is 3.06. The minimum Gasteiger partial charge on any atom is -0.389 e. The second-order valence-corrected chi connectivity index (χ2v) is 8.09. The zero-order valence-corrected chi connectivity index (χ0v) is 13.0. The van der Waals surface area contributed by atoms with Gasteiger partial charge in [0.2, 0.25) is 0 Å². The summed E-state index contributed by atoms with van der Waals surface area (Å²) in [5.74, 6) is 0.353. The van der Waals surface area contributed by atoms with Crippen molar-refractivity contribution in [3.63, 3.8) is 0 Å². The standard InChI is InChI=1S/C15H25NOS/c1-10-8-14(4,5)6-7-15(10,17)9-13-16-11(2)12(3)18-13/h10,17H,6-9H2,1-5H3. The lowest BCUT2D eigenvalue weighted by atomic mass is 9.64. The third-order valence-corrected chi connectivity index (χ3v) is 5.61. The zero-order chi connectivity index (χ0) is 13.6. The molecule has 0 aromatic carbocycles. The summed E-state index contributed by atoms with van der Waals surface area (Å²) in [6.45, 7) is 11.0. The highest BCUT2D eigenvalue weighted by Crippen LogP contribution is 2.45. The topological polar surface area (TPSA) is 33.1 Å². The van der Waals surface area contributed by atoms with Crippen LogP contribution in [-0.2, 0) is 6.42 Å². The Hall–Kier alpha value is -0.410. The van der Waals surface area contributed by atoms with Gasteiger partial charge < -0.3 is 5.11 Å². The van der Waals surface area contributed by atoms with Crippen molar-refractivity contribution in [1.29, 1.82) is 0 Å². The summed E-state index contributed by atoms with van der Waals surface area (Å²) in [5, 5.41) is 12.0. The average molecular weight is 267 g/mol. The van der Waals surface area contributed by atoms with E-state index in [0.717, 1.165) is 36.4 Å². The number of aliphatic hydroxyl groups is 1. The highest BCUT2D eigenvalue weighted by molar-refractivity contribution is 7.11. The van der Waals surface area contributed by atoms with E-state index in [0.29, 0.717) is 11.3 Å². The van der Waals surface area contributed by atoms with E-state index in [1.807, 2.05) is 6.92 Å². The van der Waals surface area contributed by atoms with Gasteiger partial charge in [0.25, 0.3) is 0 Å². The van der Waals surface area contributed by atoms with Crippen molar-refractivity contribution >= 4 is 11.3 Å². The second-order valence-electron chi connectivity index (χ2n) is 6.80. The predicted molar refractivity (Wildman–Crippen MR) is 77.0 cm³/mol. The third-order valence-electron chi connectivity index (χ3n) is 4.54. The lowest BCUT2D eigenvalue weighted by Crippen LogP contribution is -2.45. The first kappa shape index (κ1) is 14.0. The van der Waals surface area contributed by atoms with Crippen molar-refractivity contribution < 1.29 is 5.11 Å². The van der Waals surface area contributed by atoms with E-state index in [9.17, 15) is 5.11 Å². The molecule has 0 amide bonds. The zero-order valence-electron chi connectivity index (χ0n) is 12.2. The van der Waals surface area contributed by atoms with Crippen LogP contribution in [0.15, 0.2) is 0 Å². The minimum absolute atomic E-state index is 0.353. The smallest absolute Gasteiger partial charge is 0.0959 e. The molecular formula is C15H25NOS. The molecule has 0 radical (unpaired) electrons. The van der Waals surface area contributed by atoms with Crippen LogP contribution in [0.5, 0.6) is 0 Å². The molecule has 0 aliphatic heterocycles. The monoisotopic (exact) mass is 267 g/mol. The fraction of sp³-hybridized carbons (Fsp3) is 0.800. The Morgan fingerprint density at radius 1 is 1.33 bits per heavy atom. The molecule has 0 spiro atoms. The summed E-state index contributed by atoms with van der Waals surface area (Å²) >= 11 is 1.74. The summed E-state index contributed by atoms with van der Waals surface area (Å²) in [5.41, 5.74) is 0.939. The second kappa shape index (κ2) is 4.61. The number of hydrogen-bond donors (Lipinski definition) is 1. The highest BCUT2D eigenvalue weighted by Gasteiger charge is 2.42. The number of aromatic nitrogens is 1. The molecule has 3 heteroatoms. The molecule has 1 aliphatic rings. The summed E-state index contributed by atoms with van der Waals surface area (Å²) in [6, 6.07) is 0. The molecule has 1 fully saturated rings. The fourth-order valence-corrected chi connectivity index (χ4v) is 4.11. The van der Waals surface area contributed by atoms with Crippen LogP contribution in [0.2, 0.25) is 0 Å². The number of hydrogen-bond acceptors (Lipinski definition) is 3. The van der Waals surface area contributed by atoms with E-state index in [4.69, 9.17) is 0 Å². The maximum Gasteiger partial charge on any atom is 0.0959 e. The largest absolute Gasteiger partial charge is 0.389 e. The number of aryl methyl sites for hydroxylation is 2. The van der Waals surface area contributed by atoms with E-state index >= 15 is 0 Å². The van der Waals surface area contributed by atoms with Gasteiger partial charge >= 0.3 is 0 Å². The van der Waals surface area contributed by atoms with Crippen LogP contribution >= 0.6 is 11.3 Å². The van der Waals surface area contributed by atoms with Crippen LogP contribution in [0.1, 0.15) is 55.6 Å². The molecule has 2 atom stereocenters. The van der Waals surface area contributed by atoms with Gasteiger partial charge in [-0.3, -0.25) is 0 Å². The van der Waals surface area contributed by atoms with E-state index in [2.05, 4.69) is 32.7 Å². The molecule has 102 valence electrons. The molecule has 18 heavy (non-hydrogen) atoms. The van der Waals surface area contributed by atoms with Crippen LogP contribution in [0, 0.1) is 25.2 Å². The molecule has 0 bridgehead atoms. The number of rotatable bonds is 2. The molecule has 0 saturated heterocycles. The van der Waals surface area contributed by atoms with Gasteiger partial charge in [-0.1, -0.05) is 20.8 Å². The maximum atomic E-state index is 10.9. The van der Waals surface area contributed by atoms with Crippen LogP contribution in [0.3, 0.4) is 0 Å². The van der Waals surface area contributed by atoms with Gasteiger partial charge in [-0.2, -0.15) is 0 Å². The van der Waals surface area contributed by atoms with E-state index in [1.54, 1.807) is 11.3 Å². The first-order valence-corrected chi connectivity index (χ1v) is 7.69. The molecule has 1 aliphatic carbocycles. The van der Waals surface area contributed by atoms with Crippen molar-refractivity contribution in [2.75, 3.05) is 0 Å². The van der Waals surface area contributed by atoms with Gasteiger partial charge in [0.1, 0.15) is 0 Å². The van der Waals surface area contributed by atoms with Crippen molar-refractivity contribution in [3.05, 3.63) is 15.6 Å². The summed E-state index contributed by atoms with van der Waals surface area (Å²) in [6.07, 6.45) is 3.84. The quantitative estimate of drug-likeness (QED) is 0.882. The van der Waals surface area contributed by atoms with Crippen LogP contribution in [0.4, 0.5) is 0 Å². The first-order valence-electron chi connectivity index (χ1n) is 6.87. The lowest BCUT2D eigenvalue weighted by Gasteiger charge is -2.45. The van der Waals surface area contributed by atoms with Crippen LogP contribution < -0.4 is 0 Å². The SMILES string of the molecule is Cc1nc(CC2(O)CCC(C)(C)CC2C)sc1C. The molecular weight excluding hydrogens is 242 g/mol. The summed E-state index contributed by atoms with van der Waals surface area (Å²) < 4.78 is 0.